The molecule has 0 radical (unpaired) electrons. The Kier molecular flexibility index (Phi) is 3.94. The molecule has 1 aromatic carbocycles. The summed E-state index contributed by atoms with van der Waals surface area (Å²) in [5.41, 5.74) is 1.01. The highest BCUT2D eigenvalue weighted by Gasteiger charge is 2.26. The van der Waals surface area contributed by atoms with Crippen LogP contribution in [0.4, 0.5) is 0 Å². The van der Waals surface area contributed by atoms with Gasteiger partial charge in [0.2, 0.25) is 5.91 Å². The van der Waals surface area contributed by atoms with Gasteiger partial charge < -0.3 is 4.90 Å². The molecule has 0 saturated heterocycles. The van der Waals surface area contributed by atoms with Crippen molar-refractivity contribution in [2.45, 2.75) is 19.9 Å². The van der Waals surface area contributed by atoms with Crippen LogP contribution in [0.15, 0.2) is 36.7 Å². The molecule has 1 heterocycles. The van der Waals surface area contributed by atoms with Gasteiger partial charge in [0.1, 0.15) is 12.4 Å². The summed E-state index contributed by atoms with van der Waals surface area (Å²) in [6, 6.07) is 9.58. The van der Waals surface area contributed by atoms with Crippen molar-refractivity contribution < 1.29 is 4.79 Å². The Morgan fingerprint density at radius 1 is 1.26 bits per heavy atom. The molecule has 0 saturated carbocycles. The van der Waals surface area contributed by atoms with Crippen LogP contribution in [0.2, 0.25) is 0 Å². The molecule has 2 rings (SSSR count). The maximum Gasteiger partial charge on any atom is 0.225 e. The van der Waals surface area contributed by atoms with Gasteiger partial charge in [-0.15, -0.1) is 0 Å². The lowest BCUT2D eigenvalue weighted by atomic mass is 10.0. The first-order chi connectivity index (χ1) is 9.11. The third kappa shape index (κ3) is 2.81. The van der Waals surface area contributed by atoms with Crippen LogP contribution in [0.3, 0.4) is 0 Å². The predicted molar refractivity (Wildman–Crippen MR) is 72.3 cm³/mol. The number of aromatic nitrogens is 3. The number of benzene rings is 1. The summed E-state index contributed by atoms with van der Waals surface area (Å²) in [6.07, 6.45) is 1.46. The first kappa shape index (κ1) is 13.3. The molecule has 0 spiro atoms. The summed E-state index contributed by atoms with van der Waals surface area (Å²) in [4.78, 5) is 18.1. The number of hydrogen-bond acceptors (Lipinski definition) is 3. The molecule has 1 atom stereocenters. The van der Waals surface area contributed by atoms with Crippen molar-refractivity contribution in [3.8, 4) is 0 Å². The van der Waals surface area contributed by atoms with Gasteiger partial charge in [-0.2, -0.15) is 5.10 Å². The monoisotopic (exact) mass is 258 g/mol. The fourth-order valence-electron chi connectivity index (χ4n) is 2.08. The SMILES string of the molecule is CC(C)C(=O)N(C)C(c1ccccc1)c1ncn[nH]1. The quantitative estimate of drug-likeness (QED) is 0.912. The Morgan fingerprint density at radius 2 is 1.95 bits per heavy atom. The molecule has 0 fully saturated rings. The van der Waals surface area contributed by atoms with Gasteiger partial charge in [-0.1, -0.05) is 44.2 Å². The summed E-state index contributed by atoms with van der Waals surface area (Å²) in [5, 5.41) is 6.74. The second kappa shape index (κ2) is 5.65. The number of aromatic amines is 1. The van der Waals surface area contributed by atoms with Crippen LogP contribution in [0.1, 0.15) is 31.3 Å². The van der Waals surface area contributed by atoms with E-state index < -0.39 is 0 Å². The Balaban J connectivity index is 2.39. The number of H-pyrrole nitrogens is 1. The molecule has 0 aliphatic heterocycles. The molecular weight excluding hydrogens is 240 g/mol. The average molecular weight is 258 g/mol. The summed E-state index contributed by atoms with van der Waals surface area (Å²) in [7, 11) is 1.79. The number of carbonyl (C=O) groups is 1. The molecule has 0 aliphatic rings. The number of nitrogens with zero attached hydrogens (tertiary/aromatic N) is 3. The smallest absolute Gasteiger partial charge is 0.225 e. The zero-order valence-corrected chi connectivity index (χ0v) is 11.4. The zero-order chi connectivity index (χ0) is 13.8. The molecule has 5 heteroatoms. The fraction of sp³-hybridized carbons (Fsp3) is 0.357. The Bertz CT molecular complexity index is 522. The van der Waals surface area contributed by atoms with E-state index in [1.807, 2.05) is 44.2 Å². The highest BCUT2D eigenvalue weighted by Crippen LogP contribution is 2.25. The van der Waals surface area contributed by atoms with Gasteiger partial charge in [-0.3, -0.25) is 9.89 Å². The Hall–Kier alpha value is -2.17. The molecule has 1 N–H and O–H groups in total. The van der Waals surface area contributed by atoms with Gasteiger partial charge in [-0.05, 0) is 5.56 Å². The van der Waals surface area contributed by atoms with Gasteiger partial charge in [0, 0.05) is 13.0 Å². The van der Waals surface area contributed by atoms with Crippen molar-refractivity contribution in [1.29, 1.82) is 0 Å². The molecule has 19 heavy (non-hydrogen) atoms. The molecule has 100 valence electrons. The molecule has 2 aromatic rings. The minimum atomic E-state index is -0.237. The summed E-state index contributed by atoms with van der Waals surface area (Å²) in [5.74, 6) is 0.687. The van der Waals surface area contributed by atoms with Crippen LogP contribution >= 0.6 is 0 Å². The Morgan fingerprint density at radius 3 is 2.47 bits per heavy atom. The van der Waals surface area contributed by atoms with Gasteiger partial charge >= 0.3 is 0 Å². The van der Waals surface area contributed by atoms with E-state index in [1.54, 1.807) is 11.9 Å². The van der Waals surface area contributed by atoms with Crippen LogP contribution in [0.25, 0.3) is 0 Å². The van der Waals surface area contributed by atoms with Crippen LogP contribution < -0.4 is 0 Å². The summed E-state index contributed by atoms with van der Waals surface area (Å²) in [6.45, 7) is 3.78. The number of hydrogen-bond donors (Lipinski definition) is 1. The molecule has 1 amide bonds. The van der Waals surface area contributed by atoms with Crippen LogP contribution in [-0.4, -0.2) is 33.0 Å². The number of rotatable bonds is 4. The molecule has 1 aromatic heterocycles. The van der Waals surface area contributed by atoms with E-state index in [9.17, 15) is 4.79 Å². The topological polar surface area (TPSA) is 61.9 Å². The normalized spacial score (nSPS) is 12.4. The zero-order valence-electron chi connectivity index (χ0n) is 11.4. The van der Waals surface area contributed by atoms with Crippen LogP contribution in [0, 0.1) is 5.92 Å². The van der Waals surface area contributed by atoms with E-state index in [4.69, 9.17) is 0 Å². The van der Waals surface area contributed by atoms with Gasteiger partial charge in [0.15, 0.2) is 5.82 Å². The molecule has 1 unspecified atom stereocenters. The van der Waals surface area contributed by atoms with Crippen molar-refractivity contribution in [3.63, 3.8) is 0 Å². The second-order valence-corrected chi connectivity index (χ2v) is 4.79. The van der Waals surface area contributed by atoms with E-state index >= 15 is 0 Å². The highest BCUT2D eigenvalue weighted by molar-refractivity contribution is 5.78. The molecule has 0 aliphatic carbocycles. The summed E-state index contributed by atoms with van der Waals surface area (Å²) >= 11 is 0. The molecular formula is C14H18N4O. The van der Waals surface area contributed by atoms with Crippen molar-refractivity contribution >= 4 is 5.91 Å². The van der Waals surface area contributed by atoms with E-state index in [2.05, 4.69) is 15.2 Å². The molecule has 5 nitrogen and oxygen atoms in total. The lowest BCUT2D eigenvalue weighted by Gasteiger charge is -2.28. The minimum absolute atomic E-state index is 0.0564. The third-order valence-corrected chi connectivity index (χ3v) is 3.04. The second-order valence-electron chi connectivity index (χ2n) is 4.79. The largest absolute Gasteiger partial charge is 0.331 e. The number of amides is 1. The van der Waals surface area contributed by atoms with Crippen molar-refractivity contribution in [1.82, 2.24) is 20.1 Å². The van der Waals surface area contributed by atoms with E-state index in [1.165, 1.54) is 6.33 Å². The predicted octanol–water partition coefficient (Wildman–Crippen LogP) is 2.01. The highest BCUT2D eigenvalue weighted by atomic mass is 16.2. The Labute approximate surface area is 112 Å². The van der Waals surface area contributed by atoms with Gasteiger partial charge in [0.05, 0.1) is 0 Å². The van der Waals surface area contributed by atoms with Gasteiger partial charge in [-0.25, -0.2) is 4.98 Å². The van der Waals surface area contributed by atoms with Crippen molar-refractivity contribution in [2.75, 3.05) is 7.05 Å². The lowest BCUT2D eigenvalue weighted by molar-refractivity contribution is -0.134. The third-order valence-electron chi connectivity index (χ3n) is 3.04. The van der Waals surface area contributed by atoms with Crippen molar-refractivity contribution in [2.24, 2.45) is 5.92 Å². The maximum absolute atomic E-state index is 12.2. The number of carbonyl (C=O) groups excluding carboxylic acids is 1. The average Bonchev–Trinajstić information content (AvgIpc) is 2.93. The van der Waals surface area contributed by atoms with Crippen LogP contribution in [-0.2, 0) is 4.79 Å². The van der Waals surface area contributed by atoms with Crippen LogP contribution in [0.5, 0.6) is 0 Å². The first-order valence-electron chi connectivity index (χ1n) is 6.28. The minimum Gasteiger partial charge on any atom is -0.331 e. The number of nitrogens with one attached hydrogen (secondary N) is 1. The first-order valence-corrected chi connectivity index (χ1v) is 6.28. The van der Waals surface area contributed by atoms with E-state index in [-0.39, 0.29) is 17.9 Å². The fourth-order valence-corrected chi connectivity index (χ4v) is 2.08. The molecule has 0 bridgehead atoms. The standard InChI is InChI=1S/C14H18N4O/c1-10(2)14(19)18(3)12(13-15-9-16-17-13)11-7-5-4-6-8-11/h4-10,12H,1-3H3,(H,15,16,17). The van der Waals surface area contributed by atoms with Gasteiger partial charge in [0.25, 0.3) is 0 Å². The maximum atomic E-state index is 12.2. The summed E-state index contributed by atoms with van der Waals surface area (Å²) < 4.78 is 0. The van der Waals surface area contributed by atoms with Crippen molar-refractivity contribution in [3.05, 3.63) is 48.0 Å². The lowest BCUT2D eigenvalue weighted by Crippen LogP contribution is -2.35. The van der Waals surface area contributed by atoms with E-state index in [0.717, 1.165) is 5.56 Å². The van der Waals surface area contributed by atoms with E-state index in [0.29, 0.717) is 5.82 Å².